The molecule has 0 saturated carbocycles. The van der Waals surface area contributed by atoms with Crippen molar-refractivity contribution in [2.75, 3.05) is 0 Å². The fraction of sp³-hybridized carbons (Fsp3) is 0.462. The van der Waals surface area contributed by atoms with Gasteiger partial charge in [0.25, 0.3) is 0 Å². The number of fused-ring (bicyclic) bond motifs is 3. The second-order valence-electron chi connectivity index (χ2n) is 5.07. The van der Waals surface area contributed by atoms with Crippen molar-refractivity contribution in [3.05, 3.63) is 29.1 Å². The predicted molar refractivity (Wildman–Crippen MR) is 61.1 cm³/mol. The summed E-state index contributed by atoms with van der Waals surface area (Å²) in [7, 11) is 0. The van der Waals surface area contributed by atoms with Gasteiger partial charge in [0, 0.05) is 18.0 Å². The maximum atomic E-state index is 11.8. The molecular formula is C13H13N3O. The summed E-state index contributed by atoms with van der Waals surface area (Å²) in [6.07, 6.45) is 6.18. The Balaban J connectivity index is 2.19. The minimum absolute atomic E-state index is 0.0195. The average molecular weight is 227 g/mol. The van der Waals surface area contributed by atoms with Gasteiger partial charge in [0.1, 0.15) is 6.07 Å². The van der Waals surface area contributed by atoms with E-state index in [1.807, 2.05) is 18.3 Å². The summed E-state index contributed by atoms with van der Waals surface area (Å²) in [6, 6.07) is 2.01. The van der Waals surface area contributed by atoms with Crippen molar-refractivity contribution in [1.82, 2.24) is 10.2 Å². The van der Waals surface area contributed by atoms with E-state index < -0.39 is 0 Å². The Morgan fingerprint density at radius 3 is 3.24 bits per heavy atom. The fourth-order valence-corrected chi connectivity index (χ4v) is 3.10. The number of carbonyl (C=O) groups excluding carboxylic acids is 1. The van der Waals surface area contributed by atoms with Gasteiger partial charge in [-0.05, 0) is 24.3 Å². The van der Waals surface area contributed by atoms with Crippen molar-refractivity contribution in [2.45, 2.75) is 31.6 Å². The standard InChI is InChI=1S/C13H13N3O/c1-13-5-9(6-14)11(17)4-10(13)3-2-8-7-15-16-12(8)13/h5,7,10H,2-4H2,1H3,(H,15,16)/t10-,13-/m0/s1. The molecule has 4 heteroatoms. The predicted octanol–water partition coefficient (Wildman–Crippen LogP) is 1.65. The zero-order chi connectivity index (χ0) is 12.0. The van der Waals surface area contributed by atoms with E-state index in [0.29, 0.717) is 12.0 Å². The van der Waals surface area contributed by atoms with Crippen LogP contribution in [0.5, 0.6) is 0 Å². The molecule has 86 valence electrons. The maximum Gasteiger partial charge on any atom is 0.173 e. The van der Waals surface area contributed by atoms with Gasteiger partial charge in [0.15, 0.2) is 5.78 Å². The van der Waals surface area contributed by atoms with E-state index in [0.717, 1.165) is 18.5 Å². The van der Waals surface area contributed by atoms with Crippen molar-refractivity contribution in [3.8, 4) is 6.07 Å². The number of Topliss-reactive ketones (excluding diaryl/α,β-unsaturated/α-hetero) is 1. The third-order valence-corrected chi connectivity index (χ3v) is 4.14. The van der Waals surface area contributed by atoms with Gasteiger partial charge in [0.2, 0.25) is 0 Å². The highest BCUT2D eigenvalue weighted by atomic mass is 16.1. The van der Waals surface area contributed by atoms with Crippen LogP contribution in [0.3, 0.4) is 0 Å². The van der Waals surface area contributed by atoms with Crippen molar-refractivity contribution in [2.24, 2.45) is 5.92 Å². The monoisotopic (exact) mass is 227 g/mol. The molecule has 0 saturated heterocycles. The van der Waals surface area contributed by atoms with Crippen LogP contribution in [0, 0.1) is 17.2 Å². The van der Waals surface area contributed by atoms with Gasteiger partial charge >= 0.3 is 0 Å². The van der Waals surface area contributed by atoms with Crippen LogP contribution in [0.1, 0.15) is 31.0 Å². The molecule has 2 atom stereocenters. The second-order valence-corrected chi connectivity index (χ2v) is 5.07. The number of hydrogen-bond acceptors (Lipinski definition) is 3. The van der Waals surface area contributed by atoms with Crippen molar-refractivity contribution < 1.29 is 4.79 Å². The smallest absolute Gasteiger partial charge is 0.173 e. The lowest BCUT2D eigenvalue weighted by molar-refractivity contribution is -0.117. The Morgan fingerprint density at radius 1 is 1.65 bits per heavy atom. The van der Waals surface area contributed by atoms with Gasteiger partial charge < -0.3 is 0 Å². The highest BCUT2D eigenvalue weighted by molar-refractivity contribution is 6.00. The Kier molecular flexibility index (Phi) is 1.99. The molecule has 0 unspecified atom stereocenters. The van der Waals surface area contributed by atoms with Gasteiger partial charge in [-0.2, -0.15) is 10.4 Å². The van der Waals surface area contributed by atoms with Gasteiger partial charge in [-0.1, -0.05) is 13.0 Å². The normalized spacial score (nSPS) is 31.2. The molecule has 0 bridgehead atoms. The number of carbonyl (C=O) groups is 1. The largest absolute Gasteiger partial charge is 0.293 e. The van der Waals surface area contributed by atoms with E-state index >= 15 is 0 Å². The topological polar surface area (TPSA) is 69.5 Å². The summed E-state index contributed by atoms with van der Waals surface area (Å²) < 4.78 is 0. The summed E-state index contributed by atoms with van der Waals surface area (Å²) in [5, 5.41) is 16.2. The minimum atomic E-state index is -0.257. The molecule has 1 N–H and O–H groups in total. The maximum absolute atomic E-state index is 11.8. The number of aryl methyl sites for hydroxylation is 1. The first-order chi connectivity index (χ1) is 8.15. The molecule has 0 radical (unpaired) electrons. The van der Waals surface area contributed by atoms with Crippen molar-refractivity contribution >= 4 is 5.78 Å². The number of H-pyrrole nitrogens is 1. The van der Waals surface area contributed by atoms with E-state index in [2.05, 4.69) is 17.1 Å². The van der Waals surface area contributed by atoms with Crippen LogP contribution in [0.2, 0.25) is 0 Å². The summed E-state index contributed by atoms with van der Waals surface area (Å²) in [5.41, 5.74) is 2.26. The Hall–Kier alpha value is -1.89. The third kappa shape index (κ3) is 1.29. The van der Waals surface area contributed by atoms with E-state index in [1.54, 1.807) is 0 Å². The SMILES string of the molecule is C[C@]12C=C(C#N)C(=O)C[C@@H]1CCc1c[nH]nc12. The summed E-state index contributed by atoms with van der Waals surface area (Å²) in [5.74, 6) is 0.261. The number of ketones is 1. The molecule has 1 aromatic rings. The Bertz CT molecular complexity index is 563. The number of nitriles is 1. The molecule has 2 aliphatic carbocycles. The number of nitrogens with zero attached hydrogens (tertiary/aromatic N) is 2. The molecular weight excluding hydrogens is 214 g/mol. The van der Waals surface area contributed by atoms with Crippen LogP contribution in [-0.4, -0.2) is 16.0 Å². The first-order valence-electron chi connectivity index (χ1n) is 5.84. The lowest BCUT2D eigenvalue weighted by atomic mass is 9.62. The highest BCUT2D eigenvalue weighted by Crippen LogP contribution is 2.46. The summed E-state index contributed by atoms with van der Waals surface area (Å²) in [4.78, 5) is 11.8. The van der Waals surface area contributed by atoms with Crippen LogP contribution >= 0.6 is 0 Å². The van der Waals surface area contributed by atoms with E-state index in [9.17, 15) is 4.79 Å². The van der Waals surface area contributed by atoms with Crippen LogP contribution in [-0.2, 0) is 16.6 Å². The molecule has 1 heterocycles. The van der Waals surface area contributed by atoms with E-state index in [1.165, 1.54) is 5.56 Å². The Labute approximate surface area is 99.3 Å². The van der Waals surface area contributed by atoms with E-state index in [-0.39, 0.29) is 17.1 Å². The fourth-order valence-electron chi connectivity index (χ4n) is 3.10. The van der Waals surface area contributed by atoms with Gasteiger partial charge in [-0.15, -0.1) is 0 Å². The first kappa shape index (κ1) is 10.3. The Morgan fingerprint density at radius 2 is 2.47 bits per heavy atom. The summed E-state index contributed by atoms with van der Waals surface area (Å²) in [6.45, 7) is 2.08. The lowest BCUT2D eigenvalue weighted by Crippen LogP contribution is -2.40. The number of allylic oxidation sites excluding steroid dienone is 2. The second kappa shape index (κ2) is 3.30. The molecule has 3 rings (SSSR count). The molecule has 17 heavy (non-hydrogen) atoms. The van der Waals surface area contributed by atoms with Gasteiger partial charge in [-0.3, -0.25) is 9.89 Å². The zero-order valence-corrected chi connectivity index (χ0v) is 9.66. The molecule has 2 aliphatic rings. The molecule has 0 amide bonds. The zero-order valence-electron chi connectivity index (χ0n) is 9.66. The quantitative estimate of drug-likeness (QED) is 0.732. The number of aromatic nitrogens is 2. The van der Waals surface area contributed by atoms with Crippen LogP contribution in [0.4, 0.5) is 0 Å². The number of hydrogen-bond donors (Lipinski definition) is 1. The molecule has 0 fully saturated rings. The number of nitrogens with one attached hydrogen (secondary N) is 1. The molecule has 4 nitrogen and oxygen atoms in total. The lowest BCUT2D eigenvalue weighted by Gasteiger charge is -2.40. The van der Waals surface area contributed by atoms with Crippen molar-refractivity contribution in [1.29, 1.82) is 5.26 Å². The third-order valence-electron chi connectivity index (χ3n) is 4.14. The van der Waals surface area contributed by atoms with Crippen LogP contribution in [0.25, 0.3) is 0 Å². The van der Waals surface area contributed by atoms with Gasteiger partial charge in [0.05, 0.1) is 11.3 Å². The average Bonchev–Trinajstić information content (AvgIpc) is 2.79. The number of aromatic amines is 1. The molecule has 0 aromatic carbocycles. The molecule has 1 aromatic heterocycles. The number of rotatable bonds is 0. The molecule has 0 spiro atoms. The minimum Gasteiger partial charge on any atom is -0.293 e. The summed E-state index contributed by atoms with van der Waals surface area (Å²) >= 11 is 0. The molecule has 0 aliphatic heterocycles. The van der Waals surface area contributed by atoms with Crippen LogP contribution < -0.4 is 0 Å². The first-order valence-corrected chi connectivity index (χ1v) is 5.84. The van der Waals surface area contributed by atoms with Crippen LogP contribution in [0.15, 0.2) is 17.8 Å². The van der Waals surface area contributed by atoms with Gasteiger partial charge in [-0.25, -0.2) is 0 Å². The van der Waals surface area contributed by atoms with E-state index in [4.69, 9.17) is 5.26 Å². The highest BCUT2D eigenvalue weighted by Gasteiger charge is 2.45. The van der Waals surface area contributed by atoms with Crippen molar-refractivity contribution in [3.63, 3.8) is 0 Å².